The first-order valence-corrected chi connectivity index (χ1v) is 5.09. The second kappa shape index (κ2) is 4.26. The van der Waals surface area contributed by atoms with E-state index in [-0.39, 0.29) is 17.7 Å². The molecule has 1 unspecified atom stereocenters. The lowest BCUT2D eigenvalue weighted by Crippen LogP contribution is -2.39. The molecule has 1 saturated heterocycles. The number of imide groups is 1. The van der Waals surface area contributed by atoms with Crippen LogP contribution >= 0.6 is 0 Å². The standard InChI is InChI=1S/C12H11NO3/c14-7-8-1-3-9(4-2-8)10-5-6-11(15)13-12(10)16/h1-4,7,10H,5-6H2,(H,13,15,16). The van der Waals surface area contributed by atoms with Gasteiger partial charge in [-0.05, 0) is 12.0 Å². The first-order chi connectivity index (χ1) is 7.70. The second-order valence-corrected chi connectivity index (χ2v) is 3.79. The summed E-state index contributed by atoms with van der Waals surface area (Å²) < 4.78 is 0. The molecule has 0 spiro atoms. The Balaban J connectivity index is 2.20. The fraction of sp³-hybridized carbons (Fsp3) is 0.250. The van der Waals surface area contributed by atoms with Crippen LogP contribution in [0, 0.1) is 0 Å². The number of amides is 2. The summed E-state index contributed by atoms with van der Waals surface area (Å²) >= 11 is 0. The van der Waals surface area contributed by atoms with Crippen molar-refractivity contribution in [3.05, 3.63) is 35.4 Å². The SMILES string of the molecule is O=Cc1ccc(C2CCC(=O)NC2=O)cc1. The van der Waals surface area contributed by atoms with Crippen LogP contribution in [-0.2, 0) is 9.59 Å². The van der Waals surface area contributed by atoms with Crippen LogP contribution in [0.3, 0.4) is 0 Å². The highest BCUT2D eigenvalue weighted by atomic mass is 16.2. The zero-order valence-electron chi connectivity index (χ0n) is 8.60. The normalized spacial score (nSPS) is 20.4. The van der Waals surface area contributed by atoms with Crippen LogP contribution in [0.4, 0.5) is 0 Å². The van der Waals surface area contributed by atoms with E-state index >= 15 is 0 Å². The van der Waals surface area contributed by atoms with Gasteiger partial charge in [-0.3, -0.25) is 19.7 Å². The van der Waals surface area contributed by atoms with Crippen molar-refractivity contribution in [2.24, 2.45) is 0 Å². The van der Waals surface area contributed by atoms with E-state index in [0.717, 1.165) is 11.8 Å². The highest BCUT2D eigenvalue weighted by Crippen LogP contribution is 2.24. The highest BCUT2D eigenvalue weighted by Gasteiger charge is 2.27. The van der Waals surface area contributed by atoms with E-state index in [1.54, 1.807) is 24.3 Å². The third-order valence-electron chi connectivity index (χ3n) is 2.71. The minimum atomic E-state index is -0.279. The number of carbonyl (C=O) groups is 3. The van der Waals surface area contributed by atoms with Crippen LogP contribution in [0.1, 0.15) is 34.7 Å². The monoisotopic (exact) mass is 217 g/mol. The van der Waals surface area contributed by atoms with Crippen molar-refractivity contribution in [2.45, 2.75) is 18.8 Å². The molecule has 0 aromatic heterocycles. The summed E-state index contributed by atoms with van der Waals surface area (Å²) in [5.41, 5.74) is 1.42. The Hall–Kier alpha value is -1.97. The molecule has 1 aromatic rings. The zero-order chi connectivity index (χ0) is 11.5. The number of hydrogen-bond acceptors (Lipinski definition) is 3. The molecule has 2 amide bonds. The van der Waals surface area contributed by atoms with Gasteiger partial charge in [0.25, 0.3) is 0 Å². The Kier molecular flexibility index (Phi) is 2.81. The summed E-state index contributed by atoms with van der Waals surface area (Å²) in [4.78, 5) is 33.0. The van der Waals surface area contributed by atoms with Gasteiger partial charge in [0.2, 0.25) is 11.8 Å². The molecule has 1 fully saturated rings. The van der Waals surface area contributed by atoms with Crippen molar-refractivity contribution in [3.63, 3.8) is 0 Å². The van der Waals surface area contributed by atoms with Gasteiger partial charge in [0, 0.05) is 12.0 Å². The van der Waals surface area contributed by atoms with E-state index < -0.39 is 0 Å². The van der Waals surface area contributed by atoms with Gasteiger partial charge in [-0.15, -0.1) is 0 Å². The van der Waals surface area contributed by atoms with Crippen molar-refractivity contribution in [1.29, 1.82) is 0 Å². The lowest BCUT2D eigenvalue weighted by atomic mass is 9.90. The smallest absolute Gasteiger partial charge is 0.234 e. The first-order valence-electron chi connectivity index (χ1n) is 5.09. The summed E-state index contributed by atoms with van der Waals surface area (Å²) in [5, 5.41) is 2.31. The molecule has 1 atom stereocenters. The Morgan fingerprint density at radius 1 is 1.19 bits per heavy atom. The van der Waals surface area contributed by atoms with E-state index in [4.69, 9.17) is 0 Å². The summed E-state index contributed by atoms with van der Waals surface area (Å²) in [6.45, 7) is 0. The highest BCUT2D eigenvalue weighted by molar-refractivity contribution is 6.00. The Morgan fingerprint density at radius 2 is 1.88 bits per heavy atom. The molecule has 1 aliphatic heterocycles. The fourth-order valence-electron chi connectivity index (χ4n) is 1.82. The third-order valence-corrected chi connectivity index (χ3v) is 2.71. The molecule has 0 aliphatic carbocycles. The van der Waals surface area contributed by atoms with E-state index in [2.05, 4.69) is 5.32 Å². The van der Waals surface area contributed by atoms with Crippen LogP contribution in [0.15, 0.2) is 24.3 Å². The van der Waals surface area contributed by atoms with Gasteiger partial charge in [-0.25, -0.2) is 0 Å². The molecule has 2 rings (SSSR count). The number of carbonyl (C=O) groups excluding carboxylic acids is 3. The van der Waals surface area contributed by atoms with Crippen LogP contribution in [0.5, 0.6) is 0 Å². The zero-order valence-corrected chi connectivity index (χ0v) is 8.60. The van der Waals surface area contributed by atoms with E-state index in [9.17, 15) is 14.4 Å². The number of piperidine rings is 1. The average molecular weight is 217 g/mol. The van der Waals surface area contributed by atoms with Crippen LogP contribution < -0.4 is 5.32 Å². The lowest BCUT2D eigenvalue weighted by molar-refractivity contribution is -0.134. The average Bonchev–Trinajstić information content (AvgIpc) is 2.29. The number of hydrogen-bond donors (Lipinski definition) is 1. The van der Waals surface area contributed by atoms with Crippen molar-refractivity contribution < 1.29 is 14.4 Å². The molecule has 4 heteroatoms. The van der Waals surface area contributed by atoms with Crippen molar-refractivity contribution >= 4 is 18.1 Å². The minimum absolute atomic E-state index is 0.217. The summed E-state index contributed by atoms with van der Waals surface area (Å²) in [6, 6.07) is 6.85. The van der Waals surface area contributed by atoms with Gasteiger partial charge in [0.05, 0.1) is 5.92 Å². The quantitative estimate of drug-likeness (QED) is 0.594. The van der Waals surface area contributed by atoms with Crippen LogP contribution in [0.25, 0.3) is 0 Å². The molecule has 1 aliphatic rings. The van der Waals surface area contributed by atoms with E-state index in [1.807, 2.05) is 0 Å². The predicted molar refractivity (Wildman–Crippen MR) is 57.0 cm³/mol. The van der Waals surface area contributed by atoms with Gasteiger partial charge in [-0.1, -0.05) is 24.3 Å². The molecule has 1 N–H and O–H groups in total. The van der Waals surface area contributed by atoms with Gasteiger partial charge in [0.1, 0.15) is 6.29 Å². The maximum atomic E-state index is 11.6. The van der Waals surface area contributed by atoms with E-state index in [1.165, 1.54) is 0 Å². The van der Waals surface area contributed by atoms with Crippen molar-refractivity contribution in [1.82, 2.24) is 5.32 Å². The fourth-order valence-corrected chi connectivity index (χ4v) is 1.82. The maximum absolute atomic E-state index is 11.6. The Morgan fingerprint density at radius 3 is 2.44 bits per heavy atom. The molecular formula is C12H11NO3. The van der Waals surface area contributed by atoms with Gasteiger partial charge < -0.3 is 0 Å². The maximum Gasteiger partial charge on any atom is 0.234 e. The molecule has 16 heavy (non-hydrogen) atoms. The molecular weight excluding hydrogens is 206 g/mol. The van der Waals surface area contributed by atoms with Crippen molar-refractivity contribution in [2.75, 3.05) is 0 Å². The summed E-state index contributed by atoms with van der Waals surface area (Å²) in [6.07, 6.45) is 1.66. The third kappa shape index (κ3) is 2.00. The largest absolute Gasteiger partial charge is 0.298 e. The molecule has 0 saturated carbocycles. The summed E-state index contributed by atoms with van der Waals surface area (Å²) in [5.74, 6) is -0.751. The lowest BCUT2D eigenvalue weighted by Gasteiger charge is -2.20. The van der Waals surface area contributed by atoms with Crippen LogP contribution in [0.2, 0.25) is 0 Å². The Bertz CT molecular complexity index is 436. The number of aldehydes is 1. The molecule has 82 valence electrons. The molecule has 0 radical (unpaired) electrons. The van der Waals surface area contributed by atoms with Gasteiger partial charge in [-0.2, -0.15) is 0 Å². The molecule has 0 bridgehead atoms. The topological polar surface area (TPSA) is 63.2 Å². The predicted octanol–water partition coefficient (Wildman–Crippen LogP) is 1.02. The number of benzene rings is 1. The number of nitrogens with one attached hydrogen (secondary N) is 1. The Labute approximate surface area is 92.6 Å². The van der Waals surface area contributed by atoms with Crippen LogP contribution in [-0.4, -0.2) is 18.1 Å². The minimum Gasteiger partial charge on any atom is -0.298 e. The first kappa shape index (κ1) is 10.5. The van der Waals surface area contributed by atoms with E-state index in [0.29, 0.717) is 18.4 Å². The molecule has 1 aromatic carbocycles. The van der Waals surface area contributed by atoms with Gasteiger partial charge >= 0.3 is 0 Å². The van der Waals surface area contributed by atoms with Gasteiger partial charge in [0.15, 0.2) is 0 Å². The molecule has 4 nitrogen and oxygen atoms in total. The molecule has 1 heterocycles. The summed E-state index contributed by atoms with van der Waals surface area (Å²) in [7, 11) is 0. The number of rotatable bonds is 2. The second-order valence-electron chi connectivity index (χ2n) is 3.79. The van der Waals surface area contributed by atoms with Crippen molar-refractivity contribution in [3.8, 4) is 0 Å².